The van der Waals surface area contributed by atoms with E-state index in [2.05, 4.69) is 5.32 Å². The van der Waals surface area contributed by atoms with Crippen molar-refractivity contribution in [3.05, 3.63) is 23.3 Å². The second-order valence-electron chi connectivity index (χ2n) is 7.13. The highest BCUT2D eigenvalue weighted by Crippen LogP contribution is 2.34. The molecule has 3 N–H and O–H groups in total. The normalized spacial score (nSPS) is 12.6. The van der Waals surface area contributed by atoms with Crippen LogP contribution < -0.4 is 10.1 Å². The van der Waals surface area contributed by atoms with Gasteiger partial charge in [0.15, 0.2) is 11.5 Å². The SMILES string of the molecule is COc1cc(C(C)C)cc(CC(NC(=O)OC(C)(C)C)C(=O)O)c1O. The van der Waals surface area contributed by atoms with E-state index in [9.17, 15) is 19.8 Å². The third-order valence-electron chi connectivity index (χ3n) is 3.48. The lowest BCUT2D eigenvalue weighted by Crippen LogP contribution is -2.44. The van der Waals surface area contributed by atoms with Gasteiger partial charge < -0.3 is 25.0 Å². The first-order chi connectivity index (χ1) is 11.4. The van der Waals surface area contributed by atoms with Crippen molar-refractivity contribution in [1.82, 2.24) is 5.32 Å². The number of carbonyl (C=O) groups is 2. The summed E-state index contributed by atoms with van der Waals surface area (Å²) in [5, 5.41) is 22.0. The molecule has 25 heavy (non-hydrogen) atoms. The summed E-state index contributed by atoms with van der Waals surface area (Å²) in [5.74, 6) is -0.929. The molecule has 0 aromatic heterocycles. The first-order valence-corrected chi connectivity index (χ1v) is 8.06. The second-order valence-corrected chi connectivity index (χ2v) is 7.13. The monoisotopic (exact) mass is 353 g/mol. The number of phenols is 1. The lowest BCUT2D eigenvalue weighted by molar-refractivity contribution is -0.139. The molecule has 1 rings (SSSR count). The van der Waals surface area contributed by atoms with Crippen molar-refractivity contribution < 1.29 is 29.3 Å². The van der Waals surface area contributed by atoms with Crippen molar-refractivity contribution in [1.29, 1.82) is 0 Å². The Bertz CT molecular complexity index is 633. The van der Waals surface area contributed by atoms with Crippen molar-refractivity contribution in [3.8, 4) is 11.5 Å². The second kappa shape index (κ2) is 8.09. The van der Waals surface area contributed by atoms with Gasteiger partial charge in [-0.3, -0.25) is 0 Å². The number of carboxylic acids is 1. The molecular formula is C18H27NO6. The number of aliphatic carboxylic acids is 1. The Labute approximate surface area is 147 Å². The van der Waals surface area contributed by atoms with Crippen LogP contribution in [-0.2, 0) is 16.0 Å². The number of benzene rings is 1. The average Bonchev–Trinajstić information content (AvgIpc) is 2.46. The van der Waals surface area contributed by atoms with E-state index in [1.165, 1.54) is 7.11 Å². The quantitative estimate of drug-likeness (QED) is 0.726. The molecule has 1 aromatic carbocycles. The lowest BCUT2D eigenvalue weighted by Gasteiger charge is -2.22. The highest BCUT2D eigenvalue weighted by molar-refractivity contribution is 5.80. The van der Waals surface area contributed by atoms with E-state index in [0.717, 1.165) is 5.56 Å². The van der Waals surface area contributed by atoms with E-state index >= 15 is 0 Å². The van der Waals surface area contributed by atoms with Crippen molar-refractivity contribution in [2.45, 2.75) is 58.6 Å². The third-order valence-corrected chi connectivity index (χ3v) is 3.48. The summed E-state index contributed by atoms with van der Waals surface area (Å²) < 4.78 is 10.2. The molecule has 0 fully saturated rings. The number of rotatable bonds is 6. The first kappa shape index (κ1) is 20.6. The summed E-state index contributed by atoms with van der Waals surface area (Å²) in [4.78, 5) is 23.4. The molecule has 0 aliphatic rings. The predicted octanol–water partition coefficient (Wildman–Crippen LogP) is 3.04. The highest BCUT2D eigenvalue weighted by atomic mass is 16.6. The van der Waals surface area contributed by atoms with Crippen molar-refractivity contribution in [2.24, 2.45) is 0 Å². The molecule has 0 spiro atoms. The summed E-state index contributed by atoms with van der Waals surface area (Å²) in [7, 11) is 1.43. The Kier molecular flexibility index (Phi) is 6.67. The Balaban J connectivity index is 3.08. The number of amides is 1. The Morgan fingerprint density at radius 2 is 1.84 bits per heavy atom. The van der Waals surface area contributed by atoms with Gasteiger partial charge in [0.1, 0.15) is 11.6 Å². The summed E-state index contributed by atoms with van der Waals surface area (Å²) in [6, 6.07) is 2.18. The van der Waals surface area contributed by atoms with Crippen LogP contribution in [0.15, 0.2) is 12.1 Å². The van der Waals surface area contributed by atoms with Crippen LogP contribution in [0.2, 0.25) is 0 Å². The van der Waals surface area contributed by atoms with Crippen LogP contribution in [0, 0.1) is 0 Å². The molecule has 0 bridgehead atoms. The van der Waals surface area contributed by atoms with Gasteiger partial charge in [-0.15, -0.1) is 0 Å². The fourth-order valence-corrected chi connectivity index (χ4v) is 2.20. The maximum absolute atomic E-state index is 11.9. The number of ether oxygens (including phenoxy) is 2. The van der Waals surface area contributed by atoms with E-state index in [-0.39, 0.29) is 23.8 Å². The third kappa shape index (κ3) is 6.17. The summed E-state index contributed by atoms with van der Waals surface area (Å²) in [6.45, 7) is 9.01. The molecule has 140 valence electrons. The van der Waals surface area contributed by atoms with Gasteiger partial charge in [-0.05, 0) is 38.3 Å². The molecule has 1 amide bonds. The fourth-order valence-electron chi connectivity index (χ4n) is 2.20. The largest absolute Gasteiger partial charge is 0.504 e. The standard InChI is InChI=1S/C18H27NO6/c1-10(2)11-7-12(15(20)14(9-11)24-6)8-13(16(21)22)19-17(23)25-18(3,4)5/h7,9-10,13,20H,8H2,1-6H3,(H,19,23)(H,21,22). The number of aromatic hydroxyl groups is 1. The zero-order chi connectivity index (χ0) is 19.4. The molecular weight excluding hydrogens is 326 g/mol. The maximum atomic E-state index is 11.9. The van der Waals surface area contributed by atoms with E-state index in [1.807, 2.05) is 13.8 Å². The van der Waals surface area contributed by atoms with Gasteiger partial charge >= 0.3 is 12.1 Å². The minimum Gasteiger partial charge on any atom is -0.504 e. The number of nitrogens with one attached hydrogen (secondary N) is 1. The molecule has 0 aliphatic carbocycles. The van der Waals surface area contributed by atoms with Gasteiger partial charge in [-0.2, -0.15) is 0 Å². The van der Waals surface area contributed by atoms with E-state index in [0.29, 0.717) is 5.56 Å². The number of hydrogen-bond acceptors (Lipinski definition) is 5. The minimum absolute atomic E-state index is 0.0999. The summed E-state index contributed by atoms with van der Waals surface area (Å²) >= 11 is 0. The fraction of sp³-hybridized carbons (Fsp3) is 0.556. The number of phenolic OH excluding ortho intramolecular Hbond substituents is 1. The highest BCUT2D eigenvalue weighted by Gasteiger charge is 2.26. The van der Waals surface area contributed by atoms with Crippen molar-refractivity contribution in [2.75, 3.05) is 7.11 Å². The lowest BCUT2D eigenvalue weighted by atomic mass is 9.96. The Morgan fingerprint density at radius 3 is 2.28 bits per heavy atom. The van der Waals surface area contributed by atoms with Crippen LogP contribution in [-0.4, -0.2) is 41.0 Å². The van der Waals surface area contributed by atoms with E-state index in [4.69, 9.17) is 9.47 Å². The van der Waals surface area contributed by atoms with Crippen LogP contribution in [0.5, 0.6) is 11.5 Å². The van der Waals surface area contributed by atoms with Gasteiger partial charge in [0.05, 0.1) is 7.11 Å². The zero-order valence-corrected chi connectivity index (χ0v) is 15.5. The van der Waals surface area contributed by atoms with Crippen molar-refractivity contribution >= 4 is 12.1 Å². The molecule has 1 aromatic rings. The Morgan fingerprint density at radius 1 is 1.24 bits per heavy atom. The molecule has 1 unspecified atom stereocenters. The number of methoxy groups -OCH3 is 1. The topological polar surface area (TPSA) is 105 Å². The molecule has 1 atom stereocenters. The van der Waals surface area contributed by atoms with Gasteiger partial charge in [-0.25, -0.2) is 9.59 Å². The Hall–Kier alpha value is -2.44. The molecule has 0 saturated heterocycles. The first-order valence-electron chi connectivity index (χ1n) is 8.06. The predicted molar refractivity (Wildman–Crippen MR) is 93.2 cm³/mol. The van der Waals surface area contributed by atoms with E-state index < -0.39 is 23.7 Å². The van der Waals surface area contributed by atoms with Crippen LogP contribution in [0.4, 0.5) is 4.79 Å². The van der Waals surface area contributed by atoms with Gasteiger partial charge in [-0.1, -0.05) is 19.9 Å². The van der Waals surface area contributed by atoms with Crippen LogP contribution in [0.3, 0.4) is 0 Å². The maximum Gasteiger partial charge on any atom is 0.408 e. The molecule has 7 heteroatoms. The minimum atomic E-state index is -1.24. The summed E-state index contributed by atoms with van der Waals surface area (Å²) in [5.41, 5.74) is 0.535. The molecule has 0 saturated carbocycles. The number of carbonyl (C=O) groups excluding carboxylic acids is 1. The van der Waals surface area contributed by atoms with Crippen LogP contribution in [0.25, 0.3) is 0 Å². The van der Waals surface area contributed by atoms with Gasteiger partial charge in [0.2, 0.25) is 0 Å². The van der Waals surface area contributed by atoms with Crippen LogP contribution in [0.1, 0.15) is 51.7 Å². The van der Waals surface area contributed by atoms with Crippen molar-refractivity contribution in [3.63, 3.8) is 0 Å². The molecule has 7 nitrogen and oxygen atoms in total. The van der Waals surface area contributed by atoms with E-state index in [1.54, 1.807) is 32.9 Å². The average molecular weight is 353 g/mol. The number of carboxylic acid groups (broad SMARTS) is 1. The smallest absolute Gasteiger partial charge is 0.408 e. The number of alkyl carbamates (subject to hydrolysis) is 1. The van der Waals surface area contributed by atoms with Gasteiger partial charge in [0, 0.05) is 12.0 Å². The zero-order valence-electron chi connectivity index (χ0n) is 15.5. The molecule has 0 heterocycles. The van der Waals surface area contributed by atoms with Crippen LogP contribution >= 0.6 is 0 Å². The summed E-state index contributed by atoms with van der Waals surface area (Å²) in [6.07, 6.45) is -0.927. The van der Waals surface area contributed by atoms with Gasteiger partial charge in [0.25, 0.3) is 0 Å². The number of hydrogen-bond donors (Lipinski definition) is 3. The molecule has 0 radical (unpaired) electrons. The molecule has 0 aliphatic heterocycles.